The molecule has 15 heavy (non-hydrogen) atoms. The van der Waals surface area contributed by atoms with Gasteiger partial charge in [-0.25, -0.2) is 0 Å². The lowest BCUT2D eigenvalue weighted by molar-refractivity contribution is -0.0499. The van der Waals surface area contributed by atoms with Crippen LogP contribution in [0.25, 0.3) is 0 Å². The van der Waals surface area contributed by atoms with Crippen LogP contribution in [0.15, 0.2) is 24.3 Å². The Morgan fingerprint density at radius 3 is 2.27 bits per heavy atom. The molecule has 1 atom stereocenters. The first kappa shape index (κ1) is 11.9. The van der Waals surface area contributed by atoms with E-state index in [1.807, 2.05) is 0 Å². The van der Waals surface area contributed by atoms with Crippen molar-refractivity contribution in [2.75, 3.05) is 6.61 Å². The molecule has 0 amide bonds. The summed E-state index contributed by atoms with van der Waals surface area (Å²) in [6, 6.07) is 5.47. The summed E-state index contributed by atoms with van der Waals surface area (Å²) in [5.74, 6) is 0.0162. The molecule has 0 aliphatic carbocycles. The zero-order chi connectivity index (χ0) is 11.5. The molecule has 0 aliphatic heterocycles. The number of benzene rings is 1. The van der Waals surface area contributed by atoms with Gasteiger partial charge in [-0.3, -0.25) is 0 Å². The monoisotopic (exact) mass is 218 g/mol. The Morgan fingerprint density at radius 1 is 1.33 bits per heavy atom. The topological polar surface area (TPSA) is 49.7 Å². The van der Waals surface area contributed by atoms with Gasteiger partial charge in [0.25, 0.3) is 0 Å². The van der Waals surface area contributed by atoms with Crippen molar-refractivity contribution in [3.8, 4) is 5.75 Å². The van der Waals surface area contributed by atoms with Crippen molar-refractivity contribution >= 4 is 0 Å². The van der Waals surface area contributed by atoms with E-state index in [1.54, 1.807) is 0 Å². The Morgan fingerprint density at radius 2 is 1.87 bits per heavy atom. The van der Waals surface area contributed by atoms with Gasteiger partial charge in [0.1, 0.15) is 11.4 Å². The van der Waals surface area contributed by atoms with Gasteiger partial charge in [-0.2, -0.15) is 8.78 Å². The predicted molar refractivity (Wildman–Crippen MR) is 49.7 cm³/mol. The molecule has 1 rings (SSSR count). The van der Waals surface area contributed by atoms with E-state index in [0.717, 1.165) is 0 Å². The number of rotatable bonds is 4. The van der Waals surface area contributed by atoms with Crippen LogP contribution in [-0.4, -0.2) is 23.4 Å². The maximum Gasteiger partial charge on any atom is 0.387 e. The molecule has 0 heterocycles. The molecule has 0 spiro atoms. The Labute approximate surface area is 85.9 Å². The highest BCUT2D eigenvalue weighted by Gasteiger charge is 2.21. The van der Waals surface area contributed by atoms with Crippen LogP contribution in [0.3, 0.4) is 0 Å². The molecule has 0 bridgehead atoms. The second-order valence-electron chi connectivity index (χ2n) is 3.33. The average Bonchev–Trinajstić information content (AvgIpc) is 2.18. The summed E-state index contributed by atoms with van der Waals surface area (Å²) in [7, 11) is 0. The maximum atomic E-state index is 11.8. The number of hydrogen-bond acceptors (Lipinski definition) is 3. The number of aliphatic hydroxyl groups excluding tert-OH is 1. The lowest BCUT2D eigenvalue weighted by Crippen LogP contribution is -2.25. The van der Waals surface area contributed by atoms with Crippen LogP contribution in [0.5, 0.6) is 5.75 Å². The first-order valence-electron chi connectivity index (χ1n) is 4.34. The van der Waals surface area contributed by atoms with Gasteiger partial charge in [0.15, 0.2) is 0 Å². The van der Waals surface area contributed by atoms with Gasteiger partial charge < -0.3 is 14.9 Å². The van der Waals surface area contributed by atoms with Crippen LogP contribution in [0.1, 0.15) is 12.5 Å². The predicted octanol–water partition coefficient (Wildman–Crippen LogP) is 1.49. The number of halogens is 2. The van der Waals surface area contributed by atoms with E-state index in [9.17, 15) is 13.9 Å². The zero-order valence-corrected chi connectivity index (χ0v) is 8.15. The van der Waals surface area contributed by atoms with E-state index in [0.29, 0.717) is 5.56 Å². The van der Waals surface area contributed by atoms with Gasteiger partial charge in [0, 0.05) is 0 Å². The van der Waals surface area contributed by atoms with Crippen LogP contribution >= 0.6 is 0 Å². The highest BCUT2D eigenvalue weighted by atomic mass is 19.3. The molecule has 3 nitrogen and oxygen atoms in total. The lowest BCUT2D eigenvalue weighted by Gasteiger charge is -2.20. The van der Waals surface area contributed by atoms with Gasteiger partial charge in [-0.05, 0) is 24.6 Å². The highest BCUT2D eigenvalue weighted by Crippen LogP contribution is 2.23. The first-order valence-corrected chi connectivity index (χ1v) is 4.34. The average molecular weight is 218 g/mol. The van der Waals surface area contributed by atoms with E-state index in [1.165, 1.54) is 31.2 Å². The fraction of sp³-hybridized carbons (Fsp3) is 0.400. The van der Waals surface area contributed by atoms with Crippen LogP contribution in [0.4, 0.5) is 8.78 Å². The molecule has 0 aliphatic rings. The van der Waals surface area contributed by atoms with Gasteiger partial charge in [-0.15, -0.1) is 0 Å². The van der Waals surface area contributed by atoms with Crippen molar-refractivity contribution in [1.82, 2.24) is 0 Å². The summed E-state index contributed by atoms with van der Waals surface area (Å²) in [5.41, 5.74) is -0.935. The van der Waals surface area contributed by atoms with Crippen molar-refractivity contribution in [2.45, 2.75) is 19.1 Å². The Balaban J connectivity index is 2.81. The normalized spacial score (nSPS) is 15.1. The van der Waals surface area contributed by atoms with Crippen molar-refractivity contribution in [2.24, 2.45) is 0 Å². The fourth-order valence-electron chi connectivity index (χ4n) is 1.09. The van der Waals surface area contributed by atoms with E-state index in [2.05, 4.69) is 4.74 Å². The first-order chi connectivity index (χ1) is 6.95. The van der Waals surface area contributed by atoms with Crippen LogP contribution in [0, 0.1) is 0 Å². The van der Waals surface area contributed by atoms with Crippen molar-refractivity contribution in [1.29, 1.82) is 0 Å². The zero-order valence-electron chi connectivity index (χ0n) is 8.15. The summed E-state index contributed by atoms with van der Waals surface area (Å²) in [5, 5.41) is 18.5. The molecule has 1 unspecified atom stereocenters. The molecular formula is C10H12F2O3. The van der Waals surface area contributed by atoms with Crippen molar-refractivity contribution in [3.05, 3.63) is 29.8 Å². The fourth-order valence-corrected chi connectivity index (χ4v) is 1.09. The second kappa shape index (κ2) is 4.55. The van der Waals surface area contributed by atoms with Gasteiger partial charge in [0.05, 0.1) is 6.61 Å². The van der Waals surface area contributed by atoms with Crippen LogP contribution in [0.2, 0.25) is 0 Å². The molecule has 84 valence electrons. The molecule has 1 aromatic carbocycles. The summed E-state index contributed by atoms with van der Waals surface area (Å²) in [6.07, 6.45) is 0. The molecule has 0 saturated heterocycles. The number of hydrogen-bond donors (Lipinski definition) is 2. The molecule has 2 N–H and O–H groups in total. The lowest BCUT2D eigenvalue weighted by atomic mass is 9.97. The maximum absolute atomic E-state index is 11.8. The van der Waals surface area contributed by atoms with Crippen molar-refractivity contribution in [3.63, 3.8) is 0 Å². The second-order valence-corrected chi connectivity index (χ2v) is 3.33. The van der Waals surface area contributed by atoms with E-state index in [4.69, 9.17) is 5.11 Å². The number of alkyl halides is 2. The Bertz CT molecular complexity index is 309. The molecule has 0 fully saturated rings. The molecule has 0 radical (unpaired) electrons. The molecular weight excluding hydrogens is 206 g/mol. The third kappa shape index (κ3) is 3.14. The molecule has 0 saturated carbocycles. The third-order valence-electron chi connectivity index (χ3n) is 2.01. The molecule has 1 aromatic rings. The highest BCUT2D eigenvalue weighted by molar-refractivity contribution is 5.30. The van der Waals surface area contributed by atoms with Gasteiger partial charge >= 0.3 is 6.61 Å². The summed E-state index contributed by atoms with van der Waals surface area (Å²) < 4.78 is 27.8. The summed E-state index contributed by atoms with van der Waals surface area (Å²) in [4.78, 5) is 0. The van der Waals surface area contributed by atoms with Gasteiger partial charge in [-0.1, -0.05) is 12.1 Å². The van der Waals surface area contributed by atoms with Crippen LogP contribution < -0.4 is 4.74 Å². The van der Waals surface area contributed by atoms with Crippen LogP contribution in [-0.2, 0) is 5.60 Å². The quantitative estimate of drug-likeness (QED) is 0.804. The van der Waals surface area contributed by atoms with Gasteiger partial charge in [0.2, 0.25) is 0 Å². The molecule has 5 heteroatoms. The molecule has 0 aromatic heterocycles. The minimum atomic E-state index is -2.87. The van der Waals surface area contributed by atoms with Crippen molar-refractivity contribution < 1.29 is 23.7 Å². The Kier molecular flexibility index (Phi) is 3.60. The van der Waals surface area contributed by atoms with E-state index < -0.39 is 18.8 Å². The van der Waals surface area contributed by atoms with E-state index >= 15 is 0 Å². The summed E-state index contributed by atoms with van der Waals surface area (Å²) in [6.45, 7) is -1.88. The number of aliphatic hydroxyl groups is 2. The smallest absolute Gasteiger partial charge is 0.387 e. The third-order valence-corrected chi connectivity index (χ3v) is 2.01. The largest absolute Gasteiger partial charge is 0.435 e. The standard InChI is InChI=1S/C10H12F2O3/c1-10(14,6-13)7-2-4-8(5-3-7)15-9(11)12/h2-5,9,13-14H,6H2,1H3. The minimum absolute atomic E-state index is 0.0162. The minimum Gasteiger partial charge on any atom is -0.435 e. The van der Waals surface area contributed by atoms with E-state index in [-0.39, 0.29) is 5.75 Å². The number of ether oxygens (including phenoxy) is 1. The Hall–Kier alpha value is -1.20. The SMILES string of the molecule is CC(O)(CO)c1ccc(OC(F)F)cc1. The summed E-state index contributed by atoms with van der Waals surface area (Å²) >= 11 is 0.